The molecule has 0 bridgehead atoms. The van der Waals surface area contributed by atoms with Gasteiger partial charge in [0.05, 0.1) is 4.34 Å². The van der Waals surface area contributed by atoms with Crippen LogP contribution in [0.15, 0.2) is 12.1 Å². The van der Waals surface area contributed by atoms with Crippen molar-refractivity contribution < 1.29 is 5.11 Å². The predicted octanol–water partition coefficient (Wildman–Crippen LogP) is 3.46. The molecular weight excluding hydrogens is 242 g/mol. The molecule has 92 valence electrons. The smallest absolute Gasteiger partial charge is 0.0931 e. The molecule has 2 unspecified atom stereocenters. The lowest BCUT2D eigenvalue weighted by Crippen LogP contribution is -2.19. The third-order valence-electron chi connectivity index (χ3n) is 2.66. The second kappa shape index (κ2) is 7.28. The maximum Gasteiger partial charge on any atom is 0.0931 e. The van der Waals surface area contributed by atoms with E-state index in [1.54, 1.807) is 11.3 Å². The fraction of sp³-hybridized carbons (Fsp3) is 0.667. The Hall–Kier alpha value is -0.0900. The van der Waals surface area contributed by atoms with Crippen LogP contribution in [0.1, 0.15) is 37.6 Å². The van der Waals surface area contributed by atoms with Crippen LogP contribution in [-0.4, -0.2) is 18.3 Å². The van der Waals surface area contributed by atoms with Gasteiger partial charge < -0.3 is 10.4 Å². The zero-order valence-corrected chi connectivity index (χ0v) is 11.4. The van der Waals surface area contributed by atoms with E-state index in [-0.39, 0.29) is 6.61 Å². The van der Waals surface area contributed by atoms with Crippen LogP contribution in [0.5, 0.6) is 0 Å². The van der Waals surface area contributed by atoms with Gasteiger partial charge in [0.25, 0.3) is 0 Å². The van der Waals surface area contributed by atoms with E-state index in [0.717, 1.165) is 23.7 Å². The summed E-state index contributed by atoms with van der Waals surface area (Å²) in [6, 6.07) is 4.37. The van der Waals surface area contributed by atoms with E-state index in [0.29, 0.717) is 12.0 Å². The topological polar surface area (TPSA) is 32.3 Å². The van der Waals surface area contributed by atoms with E-state index in [9.17, 15) is 0 Å². The molecule has 1 heterocycles. The number of hydrogen-bond donors (Lipinski definition) is 2. The van der Waals surface area contributed by atoms with Crippen LogP contribution < -0.4 is 5.32 Å². The average molecular weight is 262 g/mol. The fourth-order valence-corrected chi connectivity index (χ4v) is 2.61. The highest BCUT2D eigenvalue weighted by Gasteiger charge is 2.07. The minimum atomic E-state index is 0.288. The second-order valence-corrected chi connectivity index (χ2v) is 5.99. The summed E-state index contributed by atoms with van der Waals surface area (Å²) in [6.45, 7) is 5.50. The van der Waals surface area contributed by atoms with Gasteiger partial charge in [-0.2, -0.15) is 0 Å². The molecule has 0 radical (unpaired) electrons. The van der Waals surface area contributed by atoms with Gasteiger partial charge in [-0.3, -0.25) is 0 Å². The Morgan fingerprint density at radius 1 is 1.44 bits per heavy atom. The maximum atomic E-state index is 8.89. The lowest BCUT2D eigenvalue weighted by molar-refractivity contribution is 0.227. The molecule has 4 heteroatoms. The third-order valence-corrected chi connectivity index (χ3v) is 4.07. The molecule has 1 aromatic rings. The van der Waals surface area contributed by atoms with Gasteiger partial charge in [-0.1, -0.05) is 18.5 Å². The van der Waals surface area contributed by atoms with Crippen LogP contribution in [0.25, 0.3) is 0 Å². The highest BCUT2D eigenvalue weighted by Crippen LogP contribution is 2.26. The Kier molecular flexibility index (Phi) is 6.36. The summed E-state index contributed by atoms with van der Waals surface area (Å²) in [4.78, 5) is 1.28. The molecule has 16 heavy (non-hydrogen) atoms. The molecule has 0 aliphatic carbocycles. The Morgan fingerprint density at radius 2 is 2.19 bits per heavy atom. The van der Waals surface area contributed by atoms with E-state index in [2.05, 4.69) is 25.2 Å². The van der Waals surface area contributed by atoms with Crippen molar-refractivity contribution >= 4 is 22.9 Å². The predicted molar refractivity (Wildman–Crippen MR) is 71.2 cm³/mol. The quantitative estimate of drug-likeness (QED) is 0.737. The van der Waals surface area contributed by atoms with E-state index in [4.69, 9.17) is 16.7 Å². The normalized spacial score (nSPS) is 15.0. The van der Waals surface area contributed by atoms with Gasteiger partial charge in [0.2, 0.25) is 0 Å². The van der Waals surface area contributed by atoms with Gasteiger partial charge in [0.15, 0.2) is 0 Å². The van der Waals surface area contributed by atoms with Crippen molar-refractivity contribution in [3.8, 4) is 0 Å². The second-order valence-electron chi connectivity index (χ2n) is 4.25. The van der Waals surface area contributed by atoms with Gasteiger partial charge in [0, 0.05) is 17.5 Å². The molecule has 0 fully saturated rings. The minimum absolute atomic E-state index is 0.288. The van der Waals surface area contributed by atoms with Gasteiger partial charge in [-0.05, 0) is 44.4 Å². The van der Waals surface area contributed by atoms with Crippen LogP contribution >= 0.6 is 22.9 Å². The number of aliphatic hydroxyl groups is 1. The number of nitrogens with one attached hydrogen (secondary N) is 1. The van der Waals surface area contributed by atoms with E-state index in [1.807, 2.05) is 6.07 Å². The Morgan fingerprint density at radius 3 is 2.75 bits per heavy atom. The SMILES string of the molecule is CC(CO)CCCNC(C)c1ccc(Cl)s1. The number of hydrogen-bond acceptors (Lipinski definition) is 3. The number of halogens is 1. The van der Waals surface area contributed by atoms with E-state index >= 15 is 0 Å². The van der Waals surface area contributed by atoms with Gasteiger partial charge >= 0.3 is 0 Å². The summed E-state index contributed by atoms with van der Waals surface area (Å²) in [6.07, 6.45) is 2.17. The van der Waals surface area contributed by atoms with Gasteiger partial charge in [-0.25, -0.2) is 0 Å². The standard InChI is InChI=1S/C12H20ClNOS/c1-9(8-15)4-3-7-14-10(2)11-5-6-12(13)16-11/h5-6,9-10,14-15H,3-4,7-8H2,1-2H3. The zero-order valence-electron chi connectivity index (χ0n) is 9.87. The summed E-state index contributed by atoms with van der Waals surface area (Å²) < 4.78 is 0.845. The molecule has 0 spiro atoms. The summed E-state index contributed by atoms with van der Waals surface area (Å²) in [5, 5.41) is 12.4. The van der Waals surface area contributed by atoms with E-state index in [1.165, 1.54) is 4.88 Å². The Labute approximate surface area is 107 Å². The van der Waals surface area contributed by atoms with Crippen LogP contribution in [-0.2, 0) is 0 Å². The molecule has 2 N–H and O–H groups in total. The molecule has 0 aliphatic heterocycles. The summed E-state index contributed by atoms with van der Waals surface area (Å²) in [5.74, 6) is 0.410. The van der Waals surface area contributed by atoms with Crippen LogP contribution in [0.3, 0.4) is 0 Å². The molecule has 2 nitrogen and oxygen atoms in total. The van der Waals surface area contributed by atoms with Crippen molar-refractivity contribution in [3.63, 3.8) is 0 Å². The molecule has 0 aromatic carbocycles. The van der Waals surface area contributed by atoms with Crippen molar-refractivity contribution in [1.82, 2.24) is 5.32 Å². The van der Waals surface area contributed by atoms with Crippen molar-refractivity contribution in [1.29, 1.82) is 0 Å². The highest BCUT2D eigenvalue weighted by molar-refractivity contribution is 7.16. The summed E-state index contributed by atoms with van der Waals surface area (Å²) in [7, 11) is 0. The number of aliphatic hydroxyl groups excluding tert-OH is 1. The van der Waals surface area contributed by atoms with Crippen LogP contribution in [0.4, 0.5) is 0 Å². The first-order valence-electron chi connectivity index (χ1n) is 5.73. The molecule has 2 atom stereocenters. The third kappa shape index (κ3) is 4.83. The van der Waals surface area contributed by atoms with Crippen LogP contribution in [0, 0.1) is 5.92 Å². The first kappa shape index (κ1) is 14.0. The fourth-order valence-electron chi connectivity index (χ4n) is 1.52. The first-order valence-corrected chi connectivity index (χ1v) is 6.92. The largest absolute Gasteiger partial charge is 0.396 e. The highest BCUT2D eigenvalue weighted by atomic mass is 35.5. The zero-order chi connectivity index (χ0) is 12.0. The van der Waals surface area contributed by atoms with Crippen molar-refractivity contribution in [2.24, 2.45) is 5.92 Å². The molecule has 0 saturated heterocycles. The monoisotopic (exact) mass is 261 g/mol. The molecular formula is C12H20ClNOS. The van der Waals surface area contributed by atoms with Crippen LogP contribution in [0.2, 0.25) is 4.34 Å². The first-order chi connectivity index (χ1) is 7.63. The molecule has 0 saturated carbocycles. The lowest BCUT2D eigenvalue weighted by atomic mass is 10.1. The van der Waals surface area contributed by atoms with Crippen molar-refractivity contribution in [2.45, 2.75) is 32.7 Å². The molecule has 1 aromatic heterocycles. The Bertz CT molecular complexity index is 303. The number of rotatable bonds is 7. The molecule has 1 rings (SSSR count). The van der Waals surface area contributed by atoms with E-state index < -0.39 is 0 Å². The van der Waals surface area contributed by atoms with Gasteiger partial charge in [-0.15, -0.1) is 11.3 Å². The maximum absolute atomic E-state index is 8.89. The number of thiophene rings is 1. The average Bonchev–Trinajstić information content (AvgIpc) is 2.70. The van der Waals surface area contributed by atoms with Crippen molar-refractivity contribution in [2.75, 3.05) is 13.2 Å². The molecule has 0 amide bonds. The summed E-state index contributed by atoms with van der Waals surface area (Å²) in [5.41, 5.74) is 0. The lowest BCUT2D eigenvalue weighted by Gasteiger charge is -2.13. The minimum Gasteiger partial charge on any atom is -0.396 e. The summed E-state index contributed by atoms with van der Waals surface area (Å²) >= 11 is 7.52. The molecule has 0 aliphatic rings. The van der Waals surface area contributed by atoms with Crippen molar-refractivity contribution in [3.05, 3.63) is 21.3 Å². The Balaban J connectivity index is 2.18. The van der Waals surface area contributed by atoms with Gasteiger partial charge in [0.1, 0.15) is 0 Å².